The first kappa shape index (κ1) is 17.6. The van der Waals surface area contributed by atoms with Crippen LogP contribution >= 0.6 is 0 Å². The maximum Gasteiger partial charge on any atom is 0.146 e. The van der Waals surface area contributed by atoms with Crippen molar-refractivity contribution in [3.05, 3.63) is 29.8 Å². The first-order valence-electron chi connectivity index (χ1n) is 7.70. The van der Waals surface area contributed by atoms with Gasteiger partial charge >= 0.3 is 0 Å². The van der Waals surface area contributed by atoms with E-state index in [0.29, 0.717) is 24.9 Å². The van der Waals surface area contributed by atoms with Gasteiger partial charge in [-0.25, -0.2) is 0 Å². The second kappa shape index (κ2) is 8.20. The molecule has 5 heteroatoms. The Morgan fingerprint density at radius 1 is 1.36 bits per heavy atom. The number of ether oxygens (including phenoxy) is 3. The molecule has 0 spiro atoms. The molecule has 1 aromatic carbocycles. The average molecular weight is 326 g/mol. The molecule has 22 heavy (non-hydrogen) atoms. The third kappa shape index (κ3) is 4.88. The molecule has 1 aliphatic heterocycles. The van der Waals surface area contributed by atoms with Crippen LogP contribution < -0.4 is 0 Å². The molecule has 0 bridgehead atoms. The number of benzene rings is 1. The van der Waals surface area contributed by atoms with Crippen molar-refractivity contribution in [1.82, 2.24) is 0 Å². The van der Waals surface area contributed by atoms with Gasteiger partial charge in [0.2, 0.25) is 0 Å². The summed E-state index contributed by atoms with van der Waals surface area (Å²) in [4.78, 5) is 0.846. The average Bonchev–Trinajstić information content (AvgIpc) is 2.51. The molecule has 2 rings (SSSR count). The van der Waals surface area contributed by atoms with Gasteiger partial charge in [-0.2, -0.15) is 0 Å². The quantitative estimate of drug-likeness (QED) is 0.571. The predicted molar refractivity (Wildman–Crippen MR) is 87.4 cm³/mol. The van der Waals surface area contributed by atoms with E-state index in [9.17, 15) is 4.21 Å². The van der Waals surface area contributed by atoms with E-state index in [2.05, 4.69) is 6.92 Å². The van der Waals surface area contributed by atoms with Crippen molar-refractivity contribution in [3.8, 4) is 0 Å². The predicted octanol–water partition coefficient (Wildman–Crippen LogP) is 2.91. The van der Waals surface area contributed by atoms with Crippen molar-refractivity contribution in [2.45, 2.75) is 37.2 Å². The first-order valence-corrected chi connectivity index (χ1v) is 9.02. The summed E-state index contributed by atoms with van der Waals surface area (Å²) in [6, 6.07) is 7.84. The van der Waals surface area contributed by atoms with Gasteiger partial charge in [0, 0.05) is 12.0 Å². The molecule has 1 saturated heterocycles. The van der Waals surface area contributed by atoms with Gasteiger partial charge in [-0.15, -0.1) is 0 Å². The molecule has 0 aliphatic carbocycles. The van der Waals surface area contributed by atoms with Crippen LogP contribution in [0, 0.1) is 12.8 Å². The zero-order valence-corrected chi connectivity index (χ0v) is 14.5. The molecule has 124 valence electrons. The minimum atomic E-state index is -1.09. The molecule has 0 unspecified atom stereocenters. The lowest BCUT2D eigenvalue weighted by Crippen LogP contribution is -2.47. The second-order valence-electron chi connectivity index (χ2n) is 6.20. The Morgan fingerprint density at radius 2 is 2.09 bits per heavy atom. The van der Waals surface area contributed by atoms with Crippen molar-refractivity contribution in [2.24, 2.45) is 5.92 Å². The number of hydrogen-bond acceptors (Lipinski definition) is 4. The zero-order chi connectivity index (χ0) is 16.0. The van der Waals surface area contributed by atoms with E-state index in [4.69, 9.17) is 14.2 Å². The molecule has 0 saturated carbocycles. The van der Waals surface area contributed by atoms with Crippen LogP contribution in [-0.2, 0) is 25.0 Å². The highest BCUT2D eigenvalue weighted by Gasteiger charge is 2.37. The first-order chi connectivity index (χ1) is 10.5. The van der Waals surface area contributed by atoms with Crippen LogP contribution in [0.3, 0.4) is 0 Å². The highest BCUT2D eigenvalue weighted by atomic mass is 32.2. The maximum absolute atomic E-state index is 12.7. The van der Waals surface area contributed by atoms with Crippen LogP contribution in [0.4, 0.5) is 0 Å². The van der Waals surface area contributed by atoms with Gasteiger partial charge in [0.05, 0.1) is 29.8 Å². The summed E-state index contributed by atoms with van der Waals surface area (Å²) in [5.74, 6) is 1.01. The standard InChI is InChI=1S/C17H26O4S/c1-14-4-6-16(7-5-14)22(18)12-17(11-20-13-19-3)9-8-15(2)10-21-17/h4-7,15H,8-13H2,1-3H3/t15-,17+,22-/m1/s1. The van der Waals surface area contributed by atoms with Crippen LogP contribution in [0.5, 0.6) is 0 Å². The van der Waals surface area contributed by atoms with E-state index in [0.717, 1.165) is 17.7 Å². The van der Waals surface area contributed by atoms with Gasteiger partial charge in [-0.1, -0.05) is 24.6 Å². The zero-order valence-electron chi connectivity index (χ0n) is 13.7. The van der Waals surface area contributed by atoms with E-state index in [1.165, 1.54) is 5.56 Å². The molecule has 0 radical (unpaired) electrons. The second-order valence-corrected chi connectivity index (χ2v) is 7.65. The van der Waals surface area contributed by atoms with Gasteiger partial charge in [-0.05, 0) is 37.8 Å². The van der Waals surface area contributed by atoms with Crippen LogP contribution in [0.15, 0.2) is 29.2 Å². The normalized spacial score (nSPS) is 26.8. The monoisotopic (exact) mass is 326 g/mol. The Morgan fingerprint density at radius 3 is 2.68 bits per heavy atom. The van der Waals surface area contributed by atoms with Gasteiger partial charge in [0.1, 0.15) is 12.4 Å². The molecular weight excluding hydrogens is 300 g/mol. The number of aryl methyl sites for hydroxylation is 1. The van der Waals surface area contributed by atoms with Gasteiger partial charge in [-0.3, -0.25) is 4.21 Å². The highest BCUT2D eigenvalue weighted by Crippen LogP contribution is 2.30. The summed E-state index contributed by atoms with van der Waals surface area (Å²) in [7, 11) is 0.507. The molecule has 0 aromatic heterocycles. The maximum atomic E-state index is 12.7. The van der Waals surface area contributed by atoms with Crippen molar-refractivity contribution in [2.75, 3.05) is 32.9 Å². The SMILES string of the molecule is COCOC[C@]1(C[S@@](=O)c2ccc(C)cc2)CC[C@@H](C)CO1. The van der Waals surface area contributed by atoms with Crippen molar-refractivity contribution < 1.29 is 18.4 Å². The molecule has 0 amide bonds. The molecule has 4 nitrogen and oxygen atoms in total. The van der Waals surface area contributed by atoms with Gasteiger partial charge < -0.3 is 14.2 Å². The largest absolute Gasteiger partial charge is 0.371 e. The third-order valence-electron chi connectivity index (χ3n) is 4.01. The summed E-state index contributed by atoms with van der Waals surface area (Å²) >= 11 is 0. The third-order valence-corrected chi connectivity index (χ3v) is 5.60. The van der Waals surface area contributed by atoms with E-state index in [-0.39, 0.29) is 6.79 Å². The minimum absolute atomic E-state index is 0.234. The lowest BCUT2D eigenvalue weighted by atomic mass is 9.91. The summed E-state index contributed by atoms with van der Waals surface area (Å²) in [5, 5.41) is 0. The van der Waals surface area contributed by atoms with E-state index < -0.39 is 16.4 Å². The van der Waals surface area contributed by atoms with E-state index >= 15 is 0 Å². The summed E-state index contributed by atoms with van der Waals surface area (Å²) in [6.45, 7) is 5.56. The smallest absolute Gasteiger partial charge is 0.146 e. The summed E-state index contributed by atoms with van der Waals surface area (Å²) < 4.78 is 29.2. The Kier molecular flexibility index (Phi) is 6.56. The Bertz CT molecular complexity index is 478. The lowest BCUT2D eigenvalue weighted by Gasteiger charge is -2.39. The fourth-order valence-corrected chi connectivity index (χ4v) is 3.97. The number of hydrogen-bond donors (Lipinski definition) is 0. The van der Waals surface area contributed by atoms with E-state index in [1.54, 1.807) is 7.11 Å². The molecule has 1 aromatic rings. The Hall–Kier alpha value is -0.750. The Labute approximate surface area is 135 Å². The molecule has 1 fully saturated rings. The van der Waals surface area contributed by atoms with Crippen LogP contribution in [-0.4, -0.2) is 42.7 Å². The molecule has 1 heterocycles. The topological polar surface area (TPSA) is 44.8 Å². The van der Waals surface area contributed by atoms with Crippen LogP contribution in [0.2, 0.25) is 0 Å². The van der Waals surface area contributed by atoms with E-state index in [1.807, 2.05) is 31.2 Å². The van der Waals surface area contributed by atoms with Crippen molar-refractivity contribution in [3.63, 3.8) is 0 Å². The number of methoxy groups -OCH3 is 1. The lowest BCUT2D eigenvalue weighted by molar-refractivity contribution is -0.147. The van der Waals surface area contributed by atoms with Gasteiger partial charge in [0.25, 0.3) is 0 Å². The summed E-state index contributed by atoms with van der Waals surface area (Å²) in [5.41, 5.74) is 0.697. The molecule has 0 N–H and O–H groups in total. The fourth-order valence-electron chi connectivity index (χ4n) is 2.58. The van der Waals surface area contributed by atoms with Crippen molar-refractivity contribution in [1.29, 1.82) is 0 Å². The number of rotatable bonds is 7. The van der Waals surface area contributed by atoms with Crippen LogP contribution in [0.25, 0.3) is 0 Å². The van der Waals surface area contributed by atoms with Crippen molar-refractivity contribution >= 4 is 10.8 Å². The Balaban J connectivity index is 2.04. The van der Waals surface area contributed by atoms with Gasteiger partial charge in [0.15, 0.2) is 0 Å². The molecule has 3 atom stereocenters. The molecule has 1 aliphatic rings. The minimum Gasteiger partial charge on any atom is -0.371 e. The molecular formula is C17H26O4S. The summed E-state index contributed by atoms with van der Waals surface area (Å²) in [6.07, 6.45) is 1.94. The highest BCUT2D eigenvalue weighted by molar-refractivity contribution is 7.85. The van der Waals surface area contributed by atoms with Crippen LogP contribution in [0.1, 0.15) is 25.3 Å². The fraction of sp³-hybridized carbons (Fsp3) is 0.647.